The fourth-order valence-electron chi connectivity index (χ4n) is 2.26. The fourth-order valence-corrected chi connectivity index (χ4v) is 2.26. The smallest absolute Gasteiger partial charge is 0.124 e. The minimum absolute atomic E-state index is 0.299. The quantitative estimate of drug-likeness (QED) is 0.791. The minimum atomic E-state index is -0.411. The number of hydrogen-bond donors (Lipinski definition) is 1. The van der Waals surface area contributed by atoms with Gasteiger partial charge < -0.3 is 5.32 Å². The van der Waals surface area contributed by atoms with Crippen molar-refractivity contribution in [1.29, 1.82) is 5.26 Å². The van der Waals surface area contributed by atoms with E-state index in [1.165, 1.54) is 12.1 Å². The zero-order valence-electron chi connectivity index (χ0n) is 11.2. The first kappa shape index (κ1) is 13.1. The zero-order valence-corrected chi connectivity index (χ0v) is 11.2. The Morgan fingerprint density at radius 3 is 2.86 bits per heavy atom. The Balaban J connectivity index is 1.89. The average Bonchev–Trinajstić information content (AvgIpc) is 2.53. The summed E-state index contributed by atoms with van der Waals surface area (Å²) in [5.74, 6) is -0.411. The number of nitrogens with one attached hydrogen (secondary N) is 1. The highest BCUT2D eigenvalue weighted by molar-refractivity contribution is 5.82. The Morgan fingerprint density at radius 1 is 1.14 bits per heavy atom. The van der Waals surface area contributed by atoms with Crippen molar-refractivity contribution in [3.63, 3.8) is 0 Å². The van der Waals surface area contributed by atoms with E-state index in [0.29, 0.717) is 17.8 Å². The lowest BCUT2D eigenvalue weighted by molar-refractivity contribution is 0.627. The number of nitrogens with zero attached hydrogens (tertiary/aromatic N) is 2. The Labute approximate surface area is 121 Å². The van der Waals surface area contributed by atoms with Gasteiger partial charge >= 0.3 is 0 Å². The fraction of sp³-hybridized carbons (Fsp3) is 0.0588. The van der Waals surface area contributed by atoms with E-state index in [1.54, 1.807) is 12.3 Å². The summed E-state index contributed by atoms with van der Waals surface area (Å²) in [5, 5.41) is 13.3. The van der Waals surface area contributed by atoms with Crippen molar-refractivity contribution in [2.24, 2.45) is 0 Å². The molecule has 0 aliphatic carbocycles. The number of hydrogen-bond acceptors (Lipinski definition) is 3. The van der Waals surface area contributed by atoms with Gasteiger partial charge in [-0.1, -0.05) is 18.2 Å². The molecule has 102 valence electrons. The Morgan fingerprint density at radius 2 is 2.00 bits per heavy atom. The lowest BCUT2D eigenvalue weighted by Gasteiger charge is -2.10. The molecule has 1 N–H and O–H groups in total. The minimum Gasteiger partial charge on any atom is -0.380 e. The van der Waals surface area contributed by atoms with E-state index in [0.717, 1.165) is 16.5 Å². The molecule has 0 spiro atoms. The second-order valence-corrected chi connectivity index (χ2v) is 4.64. The van der Waals surface area contributed by atoms with Crippen molar-refractivity contribution in [3.05, 3.63) is 71.7 Å². The van der Waals surface area contributed by atoms with E-state index in [-0.39, 0.29) is 0 Å². The van der Waals surface area contributed by atoms with E-state index in [9.17, 15) is 4.39 Å². The number of anilines is 1. The first-order valence-corrected chi connectivity index (χ1v) is 6.54. The van der Waals surface area contributed by atoms with Gasteiger partial charge in [0.05, 0.1) is 16.8 Å². The molecule has 1 heterocycles. The molecule has 0 bridgehead atoms. The maximum absolute atomic E-state index is 13.1. The van der Waals surface area contributed by atoms with Crippen molar-refractivity contribution in [3.8, 4) is 6.07 Å². The highest BCUT2D eigenvalue weighted by atomic mass is 19.1. The number of rotatable bonds is 3. The van der Waals surface area contributed by atoms with Gasteiger partial charge in [0.2, 0.25) is 0 Å². The molecular weight excluding hydrogens is 265 g/mol. The number of nitriles is 1. The number of aromatic nitrogens is 1. The maximum Gasteiger partial charge on any atom is 0.124 e. The molecule has 21 heavy (non-hydrogen) atoms. The SMILES string of the molecule is N#Cc1cc(F)ccc1NCc1ccnc2ccccc12. The second kappa shape index (κ2) is 5.59. The van der Waals surface area contributed by atoms with E-state index in [4.69, 9.17) is 5.26 Å². The maximum atomic E-state index is 13.1. The number of halogens is 1. The standard InChI is InChI=1S/C17H12FN3/c18-14-5-6-16(13(9-14)10-19)21-11-12-7-8-20-17-4-2-1-3-15(12)17/h1-9,21H,11H2. The Bertz CT molecular complexity index is 832. The van der Waals surface area contributed by atoms with Crippen LogP contribution in [-0.4, -0.2) is 4.98 Å². The molecule has 1 aromatic heterocycles. The van der Waals surface area contributed by atoms with Gasteiger partial charge in [-0.3, -0.25) is 4.98 Å². The molecule has 0 aliphatic heterocycles. The number of fused-ring (bicyclic) bond motifs is 1. The third-order valence-electron chi connectivity index (χ3n) is 3.31. The summed E-state index contributed by atoms with van der Waals surface area (Å²) >= 11 is 0. The highest BCUT2D eigenvalue weighted by Crippen LogP contribution is 2.20. The van der Waals surface area contributed by atoms with Gasteiger partial charge in [-0.25, -0.2) is 4.39 Å². The van der Waals surface area contributed by atoms with Crippen molar-refractivity contribution in [2.75, 3.05) is 5.32 Å². The van der Waals surface area contributed by atoms with Crippen LogP contribution in [0.3, 0.4) is 0 Å². The van der Waals surface area contributed by atoms with Gasteiger partial charge in [-0.05, 0) is 35.9 Å². The van der Waals surface area contributed by atoms with Crippen molar-refractivity contribution in [1.82, 2.24) is 4.98 Å². The van der Waals surface area contributed by atoms with Crippen LogP contribution < -0.4 is 5.32 Å². The summed E-state index contributed by atoms with van der Waals surface area (Å²) in [6.45, 7) is 0.545. The Kier molecular flexibility index (Phi) is 3.48. The molecule has 0 radical (unpaired) electrons. The lowest BCUT2D eigenvalue weighted by Crippen LogP contribution is -2.02. The normalized spacial score (nSPS) is 10.3. The average molecular weight is 277 g/mol. The second-order valence-electron chi connectivity index (χ2n) is 4.64. The summed E-state index contributed by atoms with van der Waals surface area (Å²) in [6, 6.07) is 16.0. The van der Waals surface area contributed by atoms with Crippen LogP contribution >= 0.6 is 0 Å². The molecule has 3 rings (SSSR count). The van der Waals surface area contributed by atoms with Crippen LogP contribution in [0.25, 0.3) is 10.9 Å². The third kappa shape index (κ3) is 2.67. The predicted molar refractivity (Wildman–Crippen MR) is 80.2 cm³/mol. The van der Waals surface area contributed by atoms with Crippen molar-refractivity contribution >= 4 is 16.6 Å². The van der Waals surface area contributed by atoms with Gasteiger partial charge in [-0.15, -0.1) is 0 Å². The van der Waals surface area contributed by atoms with Crippen LogP contribution in [0.15, 0.2) is 54.7 Å². The monoisotopic (exact) mass is 277 g/mol. The Hall–Kier alpha value is -2.93. The third-order valence-corrected chi connectivity index (χ3v) is 3.31. The molecule has 0 saturated heterocycles. The van der Waals surface area contributed by atoms with Crippen LogP contribution in [-0.2, 0) is 6.54 Å². The first-order chi connectivity index (χ1) is 10.3. The molecule has 0 amide bonds. The highest BCUT2D eigenvalue weighted by Gasteiger charge is 2.05. The van der Waals surface area contributed by atoms with Gasteiger partial charge in [0.1, 0.15) is 11.9 Å². The van der Waals surface area contributed by atoms with Crippen molar-refractivity contribution in [2.45, 2.75) is 6.54 Å². The van der Waals surface area contributed by atoms with Crippen LogP contribution in [0, 0.1) is 17.1 Å². The van der Waals surface area contributed by atoms with Crippen LogP contribution in [0.1, 0.15) is 11.1 Å². The summed E-state index contributed by atoms with van der Waals surface area (Å²) in [6.07, 6.45) is 1.76. The van der Waals surface area contributed by atoms with Gasteiger partial charge in [0, 0.05) is 18.1 Å². The molecule has 0 fully saturated rings. The molecular formula is C17H12FN3. The number of para-hydroxylation sites is 1. The van der Waals surface area contributed by atoms with Gasteiger partial charge in [-0.2, -0.15) is 5.26 Å². The largest absolute Gasteiger partial charge is 0.380 e. The number of benzene rings is 2. The summed E-state index contributed by atoms with van der Waals surface area (Å²) < 4.78 is 13.1. The molecule has 0 aliphatic rings. The molecule has 3 aromatic rings. The summed E-state index contributed by atoms with van der Waals surface area (Å²) in [4.78, 5) is 4.31. The van der Waals surface area contributed by atoms with Gasteiger partial charge in [0.25, 0.3) is 0 Å². The molecule has 0 atom stereocenters. The van der Waals surface area contributed by atoms with Crippen LogP contribution in [0.2, 0.25) is 0 Å². The molecule has 3 nitrogen and oxygen atoms in total. The molecule has 0 unspecified atom stereocenters. The lowest BCUT2D eigenvalue weighted by atomic mass is 10.1. The van der Waals surface area contributed by atoms with E-state index < -0.39 is 5.82 Å². The van der Waals surface area contributed by atoms with Gasteiger partial charge in [0.15, 0.2) is 0 Å². The predicted octanol–water partition coefficient (Wildman–Crippen LogP) is 3.86. The number of pyridine rings is 1. The first-order valence-electron chi connectivity index (χ1n) is 6.54. The topological polar surface area (TPSA) is 48.7 Å². The van der Waals surface area contributed by atoms with E-state index in [1.807, 2.05) is 36.4 Å². The summed E-state index contributed by atoms with van der Waals surface area (Å²) in [5.41, 5.74) is 2.93. The molecule has 4 heteroatoms. The van der Waals surface area contributed by atoms with E-state index in [2.05, 4.69) is 10.3 Å². The van der Waals surface area contributed by atoms with Crippen LogP contribution in [0.5, 0.6) is 0 Å². The molecule has 0 saturated carbocycles. The zero-order chi connectivity index (χ0) is 14.7. The molecule has 2 aromatic carbocycles. The van der Waals surface area contributed by atoms with Crippen LogP contribution in [0.4, 0.5) is 10.1 Å². The van der Waals surface area contributed by atoms with E-state index >= 15 is 0 Å². The summed E-state index contributed by atoms with van der Waals surface area (Å²) in [7, 11) is 0. The van der Waals surface area contributed by atoms with Crippen molar-refractivity contribution < 1.29 is 4.39 Å².